The molecule has 3 heterocycles. The maximum Gasteiger partial charge on any atom is 0.339 e. The van der Waals surface area contributed by atoms with Crippen LogP contribution in [0.2, 0.25) is 0 Å². The van der Waals surface area contributed by atoms with Gasteiger partial charge in [-0.05, 0) is 62.4 Å². The van der Waals surface area contributed by atoms with Crippen LogP contribution >= 0.6 is 0 Å². The van der Waals surface area contributed by atoms with Gasteiger partial charge in [0.2, 0.25) is 5.91 Å². The second kappa shape index (κ2) is 12.2. The van der Waals surface area contributed by atoms with Crippen molar-refractivity contribution in [3.05, 3.63) is 107 Å². The molecule has 0 radical (unpaired) electrons. The highest BCUT2D eigenvalue weighted by Gasteiger charge is 2.28. The van der Waals surface area contributed by atoms with E-state index >= 15 is 0 Å². The Bertz CT molecular complexity index is 1390. The molecule has 38 heavy (non-hydrogen) atoms. The van der Waals surface area contributed by atoms with E-state index in [0.29, 0.717) is 30.0 Å². The summed E-state index contributed by atoms with van der Waals surface area (Å²) in [5, 5.41) is 8.67. The third-order valence-electron chi connectivity index (χ3n) is 6.49. The number of nitrogens with two attached hydrogens (primary N) is 1. The fourth-order valence-electron chi connectivity index (χ4n) is 4.70. The first-order valence-electron chi connectivity index (χ1n) is 12.3. The topological polar surface area (TPSA) is 148 Å². The number of primary amides is 1. The molecule has 5 rings (SSSR count). The maximum atomic E-state index is 11.5. The summed E-state index contributed by atoms with van der Waals surface area (Å²) in [5.41, 5.74) is 10.7. The Kier molecular flexibility index (Phi) is 8.55. The van der Waals surface area contributed by atoms with Crippen molar-refractivity contribution in [2.24, 2.45) is 5.73 Å². The Labute approximate surface area is 220 Å². The minimum absolute atomic E-state index is 0.192. The lowest BCUT2D eigenvalue weighted by molar-refractivity contribution is 0.0694. The summed E-state index contributed by atoms with van der Waals surface area (Å²) in [6.07, 6.45) is 9.64. The largest absolute Gasteiger partial charge is 0.478 e. The van der Waals surface area contributed by atoms with Gasteiger partial charge >= 0.3 is 5.97 Å². The predicted octanol–water partition coefficient (Wildman–Crippen LogP) is 4.04. The molecule has 10 nitrogen and oxygen atoms in total. The molecule has 1 aromatic carbocycles. The highest BCUT2D eigenvalue weighted by atomic mass is 16.4. The van der Waals surface area contributed by atoms with Gasteiger partial charge in [0.05, 0.1) is 35.9 Å². The number of aromatic carboxylic acids is 1. The summed E-state index contributed by atoms with van der Waals surface area (Å²) >= 11 is 0. The molecular formula is C28H30N6O4. The summed E-state index contributed by atoms with van der Waals surface area (Å²) in [4.78, 5) is 40.7. The van der Waals surface area contributed by atoms with Gasteiger partial charge in [0, 0.05) is 18.3 Å². The van der Waals surface area contributed by atoms with Crippen molar-refractivity contribution in [3.63, 3.8) is 0 Å². The lowest BCUT2D eigenvalue weighted by Crippen LogP contribution is -2.31. The summed E-state index contributed by atoms with van der Waals surface area (Å²) in [7, 11) is 0. The Balaban J connectivity index is 0.000000257. The van der Waals surface area contributed by atoms with E-state index in [9.17, 15) is 9.59 Å². The lowest BCUT2D eigenvalue weighted by Gasteiger charge is -2.34. The molecule has 0 spiro atoms. The third-order valence-corrected chi connectivity index (χ3v) is 6.49. The number of amides is 1. The van der Waals surface area contributed by atoms with E-state index in [1.54, 1.807) is 26.1 Å². The number of carboxylic acid groups (broad SMARTS) is 1. The van der Waals surface area contributed by atoms with E-state index in [-0.39, 0.29) is 11.6 Å². The van der Waals surface area contributed by atoms with Crippen LogP contribution in [0.15, 0.2) is 65.9 Å². The monoisotopic (exact) mass is 514 g/mol. The molecule has 1 atom stereocenters. The minimum atomic E-state index is -0.972. The van der Waals surface area contributed by atoms with E-state index < -0.39 is 11.9 Å². The molecule has 4 aromatic rings. The van der Waals surface area contributed by atoms with Crippen molar-refractivity contribution in [3.8, 4) is 0 Å². The van der Waals surface area contributed by atoms with Crippen LogP contribution in [0.25, 0.3) is 0 Å². The van der Waals surface area contributed by atoms with E-state index in [1.807, 2.05) is 30.5 Å². The average Bonchev–Trinajstić information content (AvgIpc) is 3.41. The number of aryl methyl sites for hydroxylation is 3. The van der Waals surface area contributed by atoms with Gasteiger partial charge in [0.15, 0.2) is 6.39 Å². The number of carboxylic acids is 1. The Morgan fingerprint density at radius 3 is 2.55 bits per heavy atom. The normalized spacial score (nSPS) is 14.3. The number of oxazole rings is 1. The average molecular weight is 515 g/mol. The number of aromatic nitrogens is 4. The smallest absolute Gasteiger partial charge is 0.339 e. The van der Waals surface area contributed by atoms with E-state index in [2.05, 4.69) is 30.9 Å². The van der Waals surface area contributed by atoms with Gasteiger partial charge in [-0.2, -0.15) is 0 Å². The number of fused-ring (bicyclic) bond motifs is 1. The van der Waals surface area contributed by atoms with Gasteiger partial charge in [0.1, 0.15) is 17.7 Å². The van der Waals surface area contributed by atoms with Crippen molar-refractivity contribution in [1.29, 1.82) is 0 Å². The molecule has 0 fully saturated rings. The molecule has 1 amide bonds. The number of hydrogen-bond acceptors (Lipinski definition) is 8. The Morgan fingerprint density at radius 2 is 1.89 bits per heavy atom. The SMILES string of the molecule is Cc1ncnc(C)c1C(=O)O.NC(=O)c1cccc(CN(Cc2cnco2)C2CCCc3cccnc32)c1. The number of nitrogens with zero attached hydrogens (tertiary/aromatic N) is 5. The first-order chi connectivity index (χ1) is 18.3. The van der Waals surface area contributed by atoms with Crippen molar-refractivity contribution in [2.45, 2.75) is 52.2 Å². The first-order valence-corrected chi connectivity index (χ1v) is 12.3. The van der Waals surface area contributed by atoms with Gasteiger partial charge in [-0.25, -0.2) is 19.7 Å². The first kappa shape index (κ1) is 26.6. The molecule has 10 heteroatoms. The van der Waals surface area contributed by atoms with Gasteiger partial charge in [-0.1, -0.05) is 18.2 Å². The highest BCUT2D eigenvalue weighted by Crippen LogP contribution is 2.34. The number of carbonyl (C=O) groups is 2. The summed E-state index contributed by atoms with van der Waals surface area (Å²) < 4.78 is 5.50. The quantitative estimate of drug-likeness (QED) is 0.373. The molecule has 0 aliphatic heterocycles. The summed E-state index contributed by atoms with van der Waals surface area (Å²) in [6, 6.07) is 11.8. The van der Waals surface area contributed by atoms with Crippen LogP contribution in [0.3, 0.4) is 0 Å². The summed E-state index contributed by atoms with van der Waals surface area (Å²) in [5.74, 6) is -0.576. The van der Waals surface area contributed by atoms with Crippen molar-refractivity contribution in [1.82, 2.24) is 24.8 Å². The number of benzene rings is 1. The fourth-order valence-corrected chi connectivity index (χ4v) is 4.70. The molecular weight excluding hydrogens is 484 g/mol. The zero-order valence-corrected chi connectivity index (χ0v) is 21.4. The van der Waals surface area contributed by atoms with Gasteiger partial charge in [0.25, 0.3) is 0 Å². The second-order valence-electron chi connectivity index (χ2n) is 9.12. The van der Waals surface area contributed by atoms with Crippen LogP contribution in [-0.2, 0) is 19.5 Å². The molecule has 0 saturated heterocycles. The van der Waals surface area contributed by atoms with E-state index in [4.69, 9.17) is 15.3 Å². The van der Waals surface area contributed by atoms with Gasteiger partial charge < -0.3 is 15.3 Å². The zero-order valence-electron chi connectivity index (χ0n) is 21.4. The Morgan fingerprint density at radius 1 is 1.11 bits per heavy atom. The molecule has 1 aliphatic carbocycles. The second-order valence-corrected chi connectivity index (χ2v) is 9.12. The maximum absolute atomic E-state index is 11.5. The number of pyridine rings is 1. The van der Waals surface area contributed by atoms with Crippen LogP contribution in [0.1, 0.15) is 73.6 Å². The summed E-state index contributed by atoms with van der Waals surface area (Å²) in [6.45, 7) is 4.60. The molecule has 0 bridgehead atoms. The Hall–Kier alpha value is -4.44. The van der Waals surface area contributed by atoms with Gasteiger partial charge in [-0.15, -0.1) is 0 Å². The van der Waals surface area contributed by atoms with E-state index in [1.165, 1.54) is 18.3 Å². The lowest BCUT2D eigenvalue weighted by atomic mass is 9.90. The predicted molar refractivity (Wildman–Crippen MR) is 139 cm³/mol. The van der Waals surface area contributed by atoms with E-state index in [0.717, 1.165) is 36.3 Å². The van der Waals surface area contributed by atoms with Gasteiger partial charge in [-0.3, -0.25) is 14.7 Å². The third kappa shape index (κ3) is 6.46. The molecule has 3 aromatic heterocycles. The zero-order chi connectivity index (χ0) is 27.1. The van der Waals surface area contributed by atoms with Crippen LogP contribution in [-0.4, -0.2) is 41.8 Å². The van der Waals surface area contributed by atoms with Crippen molar-refractivity contribution in [2.75, 3.05) is 0 Å². The molecule has 196 valence electrons. The van der Waals surface area contributed by atoms with Crippen LogP contribution in [0, 0.1) is 13.8 Å². The molecule has 1 unspecified atom stereocenters. The van der Waals surface area contributed by atoms with Crippen molar-refractivity contribution >= 4 is 11.9 Å². The molecule has 0 saturated carbocycles. The minimum Gasteiger partial charge on any atom is -0.478 e. The molecule has 1 aliphatic rings. The van der Waals surface area contributed by atoms with Crippen LogP contribution in [0.5, 0.6) is 0 Å². The number of hydrogen-bond donors (Lipinski definition) is 2. The van der Waals surface area contributed by atoms with Crippen LogP contribution in [0.4, 0.5) is 0 Å². The molecule has 3 N–H and O–H groups in total. The number of carbonyl (C=O) groups excluding carboxylic acids is 1. The standard InChI is InChI=1S/C21H22N4O2.C7H8N2O2/c22-21(26)17-6-1-4-15(10-17)12-25(13-18-11-23-14-27-18)19-8-2-5-16-7-3-9-24-20(16)19;1-4-6(7(10)11)5(2)9-3-8-4/h1,3-4,6-7,9-11,14,19H,2,5,8,12-13H2,(H2,22,26);3H,1-2H3,(H,10,11). The highest BCUT2D eigenvalue weighted by molar-refractivity contribution is 5.92. The van der Waals surface area contributed by atoms with Crippen LogP contribution < -0.4 is 5.73 Å². The fraction of sp³-hybridized carbons (Fsp3) is 0.286. The van der Waals surface area contributed by atoms with Crippen molar-refractivity contribution < 1.29 is 19.1 Å². The number of rotatable bonds is 7.